The number of carbonyl (C=O) groups is 2. The standard InChI is InChI=1S/2C16H25O6P/c1-9(2)16(17)21-8-12-5-11-6-14(12)15-4-10(3-13(11)15)7-22-23(18,19)20;1-9(2)16(17)21-7-10-3-13-11-5-12(8-22-23(18,19)20)14(6-11)15(13)4-10/h2*10-15H,1,3-8H2,2H3,(H2,18,19,20). The van der Waals surface area contributed by atoms with Crippen molar-refractivity contribution >= 4 is 27.6 Å². The van der Waals surface area contributed by atoms with Gasteiger partial charge in [0.25, 0.3) is 0 Å². The normalized spacial score (nSPS) is 38.6. The Kier molecular flexibility index (Phi) is 11.1. The van der Waals surface area contributed by atoms with Crippen molar-refractivity contribution < 1.29 is 56.8 Å². The highest BCUT2D eigenvalue weighted by Gasteiger charge is 2.57. The van der Waals surface area contributed by atoms with Gasteiger partial charge >= 0.3 is 27.6 Å². The third-order valence-corrected chi connectivity index (χ3v) is 12.9. The van der Waals surface area contributed by atoms with Crippen LogP contribution < -0.4 is 0 Å². The number of phosphoric acid groups is 2. The fourth-order valence-corrected chi connectivity index (χ4v) is 11.1. The Morgan fingerprint density at radius 1 is 0.565 bits per heavy atom. The fraction of sp³-hybridized carbons (Fsp3) is 0.812. The van der Waals surface area contributed by atoms with Gasteiger partial charge in [0.15, 0.2) is 0 Å². The topological polar surface area (TPSA) is 186 Å². The Balaban J connectivity index is 0.000000181. The van der Waals surface area contributed by atoms with E-state index in [1.165, 1.54) is 6.42 Å². The van der Waals surface area contributed by atoms with E-state index in [2.05, 4.69) is 17.7 Å². The van der Waals surface area contributed by atoms with Crippen LogP contribution in [0.5, 0.6) is 0 Å². The maximum absolute atomic E-state index is 11.6. The van der Waals surface area contributed by atoms with Gasteiger partial charge in [-0.05, 0) is 136 Å². The van der Waals surface area contributed by atoms with Crippen molar-refractivity contribution in [1.82, 2.24) is 0 Å². The number of phosphoric ester groups is 2. The van der Waals surface area contributed by atoms with Gasteiger partial charge in [0.2, 0.25) is 0 Å². The molecule has 4 N–H and O–H groups in total. The lowest BCUT2D eigenvalue weighted by Crippen LogP contribution is -2.28. The van der Waals surface area contributed by atoms with Crippen LogP contribution in [-0.2, 0) is 37.2 Å². The third kappa shape index (κ3) is 8.61. The number of hydrogen-bond donors (Lipinski definition) is 4. The first-order valence-corrected chi connectivity index (χ1v) is 19.6. The summed E-state index contributed by atoms with van der Waals surface area (Å²) in [6, 6.07) is 0. The van der Waals surface area contributed by atoms with Crippen LogP contribution in [0.25, 0.3) is 0 Å². The van der Waals surface area contributed by atoms with Gasteiger partial charge in [0.05, 0.1) is 26.4 Å². The molecule has 12 unspecified atom stereocenters. The molecule has 12 atom stereocenters. The van der Waals surface area contributed by atoms with Crippen molar-refractivity contribution in [2.75, 3.05) is 26.4 Å². The molecule has 4 bridgehead atoms. The maximum Gasteiger partial charge on any atom is 0.469 e. The van der Waals surface area contributed by atoms with Gasteiger partial charge in [-0.25, -0.2) is 18.7 Å². The second kappa shape index (κ2) is 14.2. The van der Waals surface area contributed by atoms with Crippen LogP contribution in [0, 0.1) is 71.0 Å². The van der Waals surface area contributed by atoms with Crippen molar-refractivity contribution in [3.8, 4) is 0 Å². The number of carbonyl (C=O) groups excluding carboxylic acids is 2. The molecule has 0 spiro atoms. The molecule has 14 heteroatoms. The number of fused-ring (bicyclic) bond motifs is 10. The average Bonchev–Trinajstić information content (AvgIpc) is 3.78. The van der Waals surface area contributed by atoms with E-state index in [4.69, 9.17) is 33.6 Å². The smallest absolute Gasteiger partial charge is 0.462 e. The monoisotopic (exact) mass is 688 g/mol. The van der Waals surface area contributed by atoms with Gasteiger partial charge < -0.3 is 29.0 Å². The van der Waals surface area contributed by atoms with Crippen molar-refractivity contribution in [1.29, 1.82) is 0 Å². The van der Waals surface area contributed by atoms with Crippen molar-refractivity contribution in [2.24, 2.45) is 71.0 Å². The second-order valence-electron chi connectivity index (χ2n) is 15.0. The molecule has 0 aliphatic heterocycles. The minimum Gasteiger partial charge on any atom is -0.462 e. The number of hydrogen-bond acceptors (Lipinski definition) is 8. The third-order valence-electron chi connectivity index (χ3n) is 11.9. The molecule has 260 valence electrons. The first kappa shape index (κ1) is 35.9. The summed E-state index contributed by atoms with van der Waals surface area (Å²) in [5.74, 6) is 5.56. The van der Waals surface area contributed by atoms with Crippen molar-refractivity contribution in [3.63, 3.8) is 0 Å². The first-order chi connectivity index (χ1) is 21.5. The van der Waals surface area contributed by atoms with E-state index in [0.29, 0.717) is 83.5 Å². The highest BCUT2D eigenvalue weighted by atomic mass is 31.2. The van der Waals surface area contributed by atoms with Crippen LogP contribution in [-0.4, -0.2) is 57.9 Å². The zero-order chi connectivity index (χ0) is 33.6. The molecule has 0 saturated heterocycles. The summed E-state index contributed by atoms with van der Waals surface area (Å²) in [6.07, 6.45) is 8.58. The Morgan fingerprint density at radius 2 is 0.957 bits per heavy atom. The lowest BCUT2D eigenvalue weighted by atomic mass is 9.76. The van der Waals surface area contributed by atoms with Gasteiger partial charge in [-0.2, -0.15) is 0 Å². The van der Waals surface area contributed by atoms with Crippen LogP contribution >= 0.6 is 15.6 Å². The van der Waals surface area contributed by atoms with E-state index in [1.54, 1.807) is 13.8 Å². The van der Waals surface area contributed by atoms with Gasteiger partial charge in [-0.3, -0.25) is 9.05 Å². The van der Waals surface area contributed by atoms with Gasteiger partial charge in [-0.1, -0.05) is 13.2 Å². The molecule has 6 fully saturated rings. The second-order valence-corrected chi connectivity index (χ2v) is 17.5. The number of esters is 2. The van der Waals surface area contributed by atoms with E-state index < -0.39 is 15.6 Å². The summed E-state index contributed by atoms with van der Waals surface area (Å²) >= 11 is 0. The average molecular weight is 689 g/mol. The number of ether oxygens (including phenoxy) is 2. The largest absolute Gasteiger partial charge is 0.469 e. The van der Waals surface area contributed by atoms with Crippen LogP contribution in [0.3, 0.4) is 0 Å². The summed E-state index contributed by atoms with van der Waals surface area (Å²) in [5, 5.41) is 0. The van der Waals surface area contributed by atoms with E-state index in [1.807, 2.05) is 0 Å². The molecule has 0 amide bonds. The highest BCUT2D eigenvalue weighted by Crippen LogP contribution is 2.63. The molecule has 6 aliphatic carbocycles. The van der Waals surface area contributed by atoms with E-state index in [9.17, 15) is 18.7 Å². The molecule has 0 aromatic carbocycles. The van der Waals surface area contributed by atoms with Gasteiger partial charge in [-0.15, -0.1) is 0 Å². The van der Waals surface area contributed by atoms with Crippen LogP contribution in [0.2, 0.25) is 0 Å². The lowest BCUT2D eigenvalue weighted by Gasteiger charge is -2.31. The fourth-order valence-electron chi connectivity index (χ4n) is 10.3. The van der Waals surface area contributed by atoms with Crippen LogP contribution in [0.15, 0.2) is 24.3 Å². The predicted octanol–water partition coefficient (Wildman–Crippen LogP) is 5.03. The lowest BCUT2D eigenvalue weighted by molar-refractivity contribution is -0.141. The van der Waals surface area contributed by atoms with Crippen molar-refractivity contribution in [3.05, 3.63) is 24.3 Å². The molecular formula is C32H50O12P2. The summed E-state index contributed by atoms with van der Waals surface area (Å²) in [7, 11) is -8.75. The summed E-state index contributed by atoms with van der Waals surface area (Å²) in [5.41, 5.74) is 0.861. The zero-order valence-electron chi connectivity index (χ0n) is 26.8. The van der Waals surface area contributed by atoms with E-state index in [0.717, 1.165) is 44.9 Å². The van der Waals surface area contributed by atoms with Gasteiger partial charge in [0, 0.05) is 11.1 Å². The maximum atomic E-state index is 11.6. The van der Waals surface area contributed by atoms with E-state index >= 15 is 0 Å². The molecule has 0 radical (unpaired) electrons. The molecule has 0 aromatic rings. The number of rotatable bonds is 12. The van der Waals surface area contributed by atoms with Gasteiger partial charge in [0.1, 0.15) is 0 Å². The van der Waals surface area contributed by atoms with Crippen molar-refractivity contribution in [2.45, 2.75) is 65.2 Å². The summed E-state index contributed by atoms with van der Waals surface area (Å²) in [6.45, 7) is 11.7. The molecule has 12 nitrogen and oxygen atoms in total. The predicted molar refractivity (Wildman–Crippen MR) is 166 cm³/mol. The molecule has 46 heavy (non-hydrogen) atoms. The summed E-state index contributed by atoms with van der Waals surface area (Å²) in [4.78, 5) is 58.5. The molecule has 6 aliphatic rings. The minimum absolute atomic E-state index is 0.145. The quantitative estimate of drug-likeness (QED) is 0.122. The Labute approximate surface area is 271 Å². The molecule has 0 heterocycles. The Bertz CT molecular complexity index is 1270. The zero-order valence-corrected chi connectivity index (χ0v) is 28.6. The Morgan fingerprint density at radius 3 is 1.41 bits per heavy atom. The van der Waals surface area contributed by atoms with Crippen LogP contribution in [0.1, 0.15) is 65.2 Å². The first-order valence-electron chi connectivity index (χ1n) is 16.5. The molecular weight excluding hydrogens is 638 g/mol. The molecule has 6 rings (SSSR count). The Hall–Kier alpha value is -1.36. The SMILES string of the molecule is C=C(C)C(=O)OCC1CC2C3CC(COP(=O)(O)O)C(C3)C2C1.C=C(C)C(=O)OCC1CC2CC1C1CC(COP(=O)(O)O)CC21. The minimum atomic E-state index is -4.38. The molecule has 6 saturated carbocycles. The van der Waals surface area contributed by atoms with Crippen LogP contribution in [0.4, 0.5) is 0 Å². The summed E-state index contributed by atoms with van der Waals surface area (Å²) < 4.78 is 41.8. The highest BCUT2D eigenvalue weighted by molar-refractivity contribution is 7.46. The van der Waals surface area contributed by atoms with E-state index in [-0.39, 0.29) is 37.0 Å². The molecule has 0 aromatic heterocycles.